The van der Waals surface area contributed by atoms with Gasteiger partial charge in [0.25, 0.3) is 0 Å². The molecule has 6 aromatic rings. The molecule has 5 aliphatic carbocycles. The number of benzene rings is 4. The molecule has 44 heavy (non-hydrogen) atoms. The normalized spacial score (nSPS) is 25.8. The molecule has 0 saturated heterocycles. The largest absolute Gasteiger partial charge is 0.260 e. The van der Waals surface area contributed by atoms with E-state index in [9.17, 15) is 0 Å². The molecule has 212 valence electrons. The number of fused-ring (bicyclic) bond motifs is 4. The van der Waals surface area contributed by atoms with Crippen LogP contribution in [-0.4, -0.2) is 19.9 Å². The number of pyridine rings is 1. The predicted octanol–water partition coefficient (Wildman–Crippen LogP) is 9.14. The summed E-state index contributed by atoms with van der Waals surface area (Å²) in [5.74, 6) is 5.31. The minimum Gasteiger partial charge on any atom is -0.260 e. The van der Waals surface area contributed by atoms with Gasteiger partial charge in [0, 0.05) is 33.9 Å². The highest BCUT2D eigenvalue weighted by molar-refractivity contribution is 5.95. The van der Waals surface area contributed by atoms with Crippen LogP contribution >= 0.6 is 0 Å². The van der Waals surface area contributed by atoms with Crippen LogP contribution < -0.4 is 0 Å². The molecule has 0 radical (unpaired) electrons. The van der Waals surface area contributed by atoms with E-state index in [1.54, 1.807) is 0 Å². The standard InChI is InChI=1S/C40H32N4/c1-2-9-27(10-3-1)37-42-38(44-39(43-37)33-13-6-11-26-8-4-5-12-31(26)33)28-15-16-35-34(23-28)32-14-7-17-41-36(32)40(35)29-19-24-18-25(21-29)22-30(40)20-24/h1-17,23-25,29-30H,18-22H2. The van der Waals surface area contributed by atoms with E-state index in [1.807, 2.05) is 24.4 Å². The molecule has 0 aliphatic heterocycles. The molecule has 0 atom stereocenters. The van der Waals surface area contributed by atoms with Crippen LogP contribution in [0.3, 0.4) is 0 Å². The Bertz CT molecular complexity index is 2070. The summed E-state index contributed by atoms with van der Waals surface area (Å²) in [6, 6.07) is 36.5. The van der Waals surface area contributed by atoms with Crippen molar-refractivity contribution in [3.8, 4) is 45.3 Å². The van der Waals surface area contributed by atoms with Crippen LogP contribution in [0.2, 0.25) is 0 Å². The minimum atomic E-state index is 0.0558. The van der Waals surface area contributed by atoms with Gasteiger partial charge in [0.1, 0.15) is 0 Å². The summed E-state index contributed by atoms with van der Waals surface area (Å²) in [4.78, 5) is 20.5. The first-order chi connectivity index (χ1) is 21.8. The molecule has 4 aromatic carbocycles. The van der Waals surface area contributed by atoms with Crippen LogP contribution in [0.25, 0.3) is 56.1 Å². The lowest BCUT2D eigenvalue weighted by Crippen LogP contribution is -2.55. The van der Waals surface area contributed by atoms with Crippen molar-refractivity contribution in [1.29, 1.82) is 0 Å². The number of hydrogen-bond acceptors (Lipinski definition) is 4. The van der Waals surface area contributed by atoms with Crippen LogP contribution in [0.4, 0.5) is 0 Å². The molecule has 11 rings (SSSR count). The van der Waals surface area contributed by atoms with E-state index in [4.69, 9.17) is 19.9 Å². The quantitative estimate of drug-likeness (QED) is 0.214. The van der Waals surface area contributed by atoms with Gasteiger partial charge in [-0.2, -0.15) is 0 Å². The molecule has 0 N–H and O–H groups in total. The van der Waals surface area contributed by atoms with Crippen molar-refractivity contribution in [3.63, 3.8) is 0 Å². The Labute approximate surface area is 257 Å². The summed E-state index contributed by atoms with van der Waals surface area (Å²) in [6.07, 6.45) is 8.89. The Morgan fingerprint density at radius 3 is 2.02 bits per heavy atom. The fourth-order valence-electron chi connectivity index (χ4n) is 9.86. The van der Waals surface area contributed by atoms with Crippen LogP contribution in [0.1, 0.15) is 43.4 Å². The molecule has 4 bridgehead atoms. The summed E-state index contributed by atoms with van der Waals surface area (Å²) in [7, 11) is 0. The third-order valence-electron chi connectivity index (χ3n) is 11.3. The molecule has 4 nitrogen and oxygen atoms in total. The van der Waals surface area contributed by atoms with E-state index in [0.29, 0.717) is 29.3 Å². The third-order valence-corrected chi connectivity index (χ3v) is 11.3. The lowest BCUT2D eigenvalue weighted by Gasteiger charge is -2.60. The van der Waals surface area contributed by atoms with E-state index in [2.05, 4.69) is 84.9 Å². The van der Waals surface area contributed by atoms with Gasteiger partial charge < -0.3 is 0 Å². The van der Waals surface area contributed by atoms with Gasteiger partial charge in [0.15, 0.2) is 17.5 Å². The van der Waals surface area contributed by atoms with E-state index < -0.39 is 0 Å². The zero-order chi connectivity index (χ0) is 28.8. The second-order valence-corrected chi connectivity index (χ2v) is 13.5. The van der Waals surface area contributed by atoms with Gasteiger partial charge >= 0.3 is 0 Å². The monoisotopic (exact) mass is 568 g/mol. The molecular formula is C40H32N4. The summed E-state index contributed by atoms with van der Waals surface area (Å²) in [5, 5.41) is 2.32. The molecule has 5 aliphatic rings. The van der Waals surface area contributed by atoms with E-state index in [-0.39, 0.29) is 5.41 Å². The summed E-state index contributed by atoms with van der Waals surface area (Å²) >= 11 is 0. The molecule has 0 unspecified atom stereocenters. The smallest absolute Gasteiger partial charge is 0.164 e. The maximum atomic E-state index is 5.17. The van der Waals surface area contributed by atoms with Gasteiger partial charge in [-0.1, -0.05) is 91.0 Å². The van der Waals surface area contributed by atoms with Crippen LogP contribution in [0.15, 0.2) is 109 Å². The van der Waals surface area contributed by atoms with Gasteiger partial charge in [-0.3, -0.25) is 4.98 Å². The van der Waals surface area contributed by atoms with Crippen molar-refractivity contribution >= 4 is 10.8 Å². The minimum absolute atomic E-state index is 0.0558. The average Bonchev–Trinajstić information content (AvgIpc) is 3.37. The lowest BCUT2D eigenvalue weighted by atomic mass is 9.43. The maximum Gasteiger partial charge on any atom is 0.164 e. The Morgan fingerprint density at radius 1 is 0.523 bits per heavy atom. The van der Waals surface area contributed by atoms with E-state index >= 15 is 0 Å². The van der Waals surface area contributed by atoms with Gasteiger partial charge in [0.05, 0.1) is 5.69 Å². The fraction of sp³-hybridized carbons (Fsp3) is 0.250. The molecule has 2 heterocycles. The van der Waals surface area contributed by atoms with Crippen molar-refractivity contribution in [1.82, 2.24) is 19.9 Å². The number of aromatic nitrogens is 4. The van der Waals surface area contributed by atoms with Crippen LogP contribution in [0.5, 0.6) is 0 Å². The number of nitrogens with zero attached hydrogens (tertiary/aromatic N) is 4. The van der Waals surface area contributed by atoms with Gasteiger partial charge in [-0.25, -0.2) is 15.0 Å². The number of rotatable bonds is 3. The summed E-state index contributed by atoms with van der Waals surface area (Å²) < 4.78 is 0. The summed E-state index contributed by atoms with van der Waals surface area (Å²) in [5.41, 5.74) is 8.55. The molecule has 0 amide bonds. The SMILES string of the molecule is c1ccc(-c2nc(-c3ccc4c(c3)-c3cccnc3C43C4CC5CC(C4)CC3C5)nc(-c3cccc4ccccc34)n2)cc1. The van der Waals surface area contributed by atoms with E-state index in [1.165, 1.54) is 59.9 Å². The molecule has 2 aromatic heterocycles. The van der Waals surface area contributed by atoms with Crippen molar-refractivity contribution < 1.29 is 0 Å². The average molecular weight is 569 g/mol. The second-order valence-electron chi connectivity index (χ2n) is 13.5. The Kier molecular flexibility index (Phi) is 5.14. The highest BCUT2D eigenvalue weighted by Crippen LogP contribution is 2.69. The van der Waals surface area contributed by atoms with Crippen LogP contribution in [-0.2, 0) is 5.41 Å². The van der Waals surface area contributed by atoms with Gasteiger partial charge in [0.2, 0.25) is 0 Å². The number of hydrogen-bond donors (Lipinski definition) is 0. The maximum absolute atomic E-state index is 5.17. The van der Waals surface area contributed by atoms with Crippen molar-refractivity contribution in [2.75, 3.05) is 0 Å². The first kappa shape index (κ1) is 24.7. The second kappa shape index (κ2) is 9.15. The van der Waals surface area contributed by atoms with Crippen LogP contribution in [0, 0.1) is 23.7 Å². The van der Waals surface area contributed by atoms with Gasteiger partial charge in [-0.15, -0.1) is 0 Å². The van der Waals surface area contributed by atoms with Gasteiger partial charge in [-0.05, 0) is 89.8 Å². The Balaban J connectivity index is 1.18. The summed E-state index contributed by atoms with van der Waals surface area (Å²) in [6.45, 7) is 0. The zero-order valence-corrected chi connectivity index (χ0v) is 24.5. The Morgan fingerprint density at radius 2 is 1.20 bits per heavy atom. The Hall–Kier alpha value is -4.70. The van der Waals surface area contributed by atoms with Crippen molar-refractivity contribution in [2.24, 2.45) is 23.7 Å². The van der Waals surface area contributed by atoms with E-state index in [0.717, 1.165) is 33.9 Å². The first-order valence-corrected chi connectivity index (χ1v) is 16.2. The molecule has 4 heteroatoms. The fourth-order valence-corrected chi connectivity index (χ4v) is 9.86. The zero-order valence-electron chi connectivity index (χ0n) is 24.5. The topological polar surface area (TPSA) is 51.6 Å². The van der Waals surface area contributed by atoms with Crippen molar-refractivity contribution in [3.05, 3.63) is 121 Å². The molecule has 4 saturated carbocycles. The lowest BCUT2D eigenvalue weighted by molar-refractivity contribution is -0.0415. The first-order valence-electron chi connectivity index (χ1n) is 16.2. The molecular weight excluding hydrogens is 536 g/mol. The third kappa shape index (κ3) is 3.40. The molecule has 1 spiro atoms. The van der Waals surface area contributed by atoms with Crippen molar-refractivity contribution in [2.45, 2.75) is 37.5 Å². The molecule has 4 fully saturated rings. The predicted molar refractivity (Wildman–Crippen MR) is 175 cm³/mol. The highest BCUT2D eigenvalue weighted by atomic mass is 15.0. The highest BCUT2D eigenvalue weighted by Gasteiger charge is 2.62.